The Morgan fingerprint density at radius 2 is 1.59 bits per heavy atom. The standard InChI is InChI=1S/C19H32N2O6/c1-26-19(25)15(21-18(24)14(20)10-16(22)23)11-27-17(12-6-2-3-7-12)13-8-4-5-9-13/h12-15,17H,2-11,20H2,1H3,(H,21,24)(H,22,23)/t14-,15-/m0/s1. The van der Waals surface area contributed by atoms with Crippen molar-refractivity contribution >= 4 is 17.8 Å². The number of aliphatic carboxylic acids is 1. The van der Waals surface area contributed by atoms with Crippen LogP contribution < -0.4 is 11.1 Å². The van der Waals surface area contributed by atoms with E-state index in [1.54, 1.807) is 0 Å². The van der Waals surface area contributed by atoms with E-state index < -0.39 is 36.4 Å². The number of carbonyl (C=O) groups is 3. The Morgan fingerprint density at radius 3 is 2.04 bits per heavy atom. The average Bonchev–Trinajstić information content (AvgIpc) is 3.33. The molecule has 154 valence electrons. The maximum Gasteiger partial charge on any atom is 0.330 e. The van der Waals surface area contributed by atoms with Gasteiger partial charge in [-0.25, -0.2) is 4.79 Å². The van der Waals surface area contributed by atoms with Gasteiger partial charge >= 0.3 is 11.9 Å². The number of carboxylic acid groups (broad SMARTS) is 1. The second-order valence-electron chi connectivity index (χ2n) is 7.68. The molecule has 27 heavy (non-hydrogen) atoms. The SMILES string of the molecule is COC(=O)[C@H](COC(C1CCCC1)C1CCCC1)NC(=O)[C@@H](N)CC(=O)O. The molecule has 0 aromatic rings. The van der Waals surface area contributed by atoms with Crippen LogP contribution in [0.5, 0.6) is 0 Å². The summed E-state index contributed by atoms with van der Waals surface area (Å²) in [6, 6.07) is -2.22. The normalized spacial score (nSPS) is 20.6. The molecule has 0 bridgehead atoms. The minimum atomic E-state index is -1.23. The first-order valence-electron chi connectivity index (χ1n) is 9.89. The van der Waals surface area contributed by atoms with Crippen molar-refractivity contribution in [3.8, 4) is 0 Å². The lowest BCUT2D eigenvalue weighted by Crippen LogP contribution is -2.52. The molecule has 0 saturated heterocycles. The maximum absolute atomic E-state index is 12.1. The second kappa shape index (κ2) is 10.6. The molecule has 0 aliphatic heterocycles. The van der Waals surface area contributed by atoms with Crippen molar-refractivity contribution in [3.63, 3.8) is 0 Å². The van der Waals surface area contributed by atoms with Crippen molar-refractivity contribution in [2.45, 2.75) is 76.0 Å². The summed E-state index contributed by atoms with van der Waals surface area (Å²) < 4.78 is 11.0. The number of carboxylic acids is 1. The smallest absolute Gasteiger partial charge is 0.330 e. The van der Waals surface area contributed by atoms with E-state index in [1.165, 1.54) is 32.8 Å². The Labute approximate surface area is 160 Å². The van der Waals surface area contributed by atoms with Gasteiger partial charge in [0.2, 0.25) is 5.91 Å². The van der Waals surface area contributed by atoms with Crippen LogP contribution in [0.2, 0.25) is 0 Å². The number of amides is 1. The Kier molecular flexibility index (Phi) is 8.50. The van der Waals surface area contributed by atoms with E-state index in [9.17, 15) is 14.4 Å². The molecule has 4 N–H and O–H groups in total. The summed E-state index contributed by atoms with van der Waals surface area (Å²) in [5, 5.41) is 11.2. The van der Waals surface area contributed by atoms with E-state index in [-0.39, 0.29) is 12.7 Å². The fraction of sp³-hybridized carbons (Fsp3) is 0.842. The number of ether oxygens (including phenoxy) is 2. The topological polar surface area (TPSA) is 128 Å². The van der Waals surface area contributed by atoms with Gasteiger partial charge in [-0.15, -0.1) is 0 Å². The van der Waals surface area contributed by atoms with Gasteiger partial charge in [-0.2, -0.15) is 0 Å². The summed E-state index contributed by atoms with van der Waals surface area (Å²) in [6.45, 7) is 0.00979. The Balaban J connectivity index is 1.97. The number of nitrogens with two attached hydrogens (primary N) is 1. The lowest BCUT2D eigenvalue weighted by molar-refractivity contribution is -0.149. The lowest BCUT2D eigenvalue weighted by Gasteiger charge is -2.31. The number of hydrogen-bond acceptors (Lipinski definition) is 6. The highest BCUT2D eigenvalue weighted by Crippen LogP contribution is 2.39. The molecule has 0 aromatic carbocycles. The number of nitrogens with one attached hydrogen (secondary N) is 1. The van der Waals surface area contributed by atoms with Gasteiger partial charge < -0.3 is 25.6 Å². The fourth-order valence-electron chi connectivity index (χ4n) is 4.31. The van der Waals surface area contributed by atoms with Gasteiger partial charge in [-0.05, 0) is 37.5 Å². The van der Waals surface area contributed by atoms with Crippen LogP contribution in [0.15, 0.2) is 0 Å². The third kappa shape index (κ3) is 6.46. The molecule has 2 fully saturated rings. The van der Waals surface area contributed by atoms with E-state index in [2.05, 4.69) is 5.32 Å². The predicted molar refractivity (Wildman–Crippen MR) is 97.8 cm³/mol. The van der Waals surface area contributed by atoms with Crippen LogP contribution in [-0.2, 0) is 23.9 Å². The molecule has 8 heteroatoms. The van der Waals surface area contributed by atoms with Crippen molar-refractivity contribution in [3.05, 3.63) is 0 Å². The molecule has 2 aliphatic carbocycles. The summed E-state index contributed by atoms with van der Waals surface area (Å²) in [5.74, 6) is -1.50. The minimum absolute atomic E-state index is 0.00979. The van der Waals surface area contributed by atoms with Gasteiger partial charge in [0.05, 0.1) is 32.3 Å². The molecular weight excluding hydrogens is 352 g/mol. The van der Waals surface area contributed by atoms with Crippen molar-refractivity contribution < 1.29 is 29.0 Å². The molecule has 0 unspecified atom stereocenters. The van der Waals surface area contributed by atoms with Gasteiger partial charge in [-0.1, -0.05) is 25.7 Å². The number of rotatable bonds is 10. The van der Waals surface area contributed by atoms with E-state index >= 15 is 0 Å². The highest BCUT2D eigenvalue weighted by molar-refractivity contribution is 5.89. The van der Waals surface area contributed by atoms with Crippen LogP contribution in [0.3, 0.4) is 0 Å². The zero-order chi connectivity index (χ0) is 19.8. The van der Waals surface area contributed by atoms with Crippen LogP contribution in [0.1, 0.15) is 57.8 Å². The second-order valence-corrected chi connectivity index (χ2v) is 7.68. The summed E-state index contributed by atoms with van der Waals surface area (Å²) >= 11 is 0. The molecule has 0 spiro atoms. The lowest BCUT2D eigenvalue weighted by atomic mass is 9.88. The number of hydrogen-bond donors (Lipinski definition) is 3. The fourth-order valence-corrected chi connectivity index (χ4v) is 4.31. The van der Waals surface area contributed by atoms with Gasteiger partial charge in [0.15, 0.2) is 6.04 Å². The van der Waals surface area contributed by atoms with E-state index in [4.69, 9.17) is 20.3 Å². The largest absolute Gasteiger partial charge is 0.481 e. The Morgan fingerprint density at radius 1 is 1.07 bits per heavy atom. The highest BCUT2D eigenvalue weighted by atomic mass is 16.5. The molecule has 2 rings (SSSR count). The minimum Gasteiger partial charge on any atom is -0.481 e. The monoisotopic (exact) mass is 384 g/mol. The van der Waals surface area contributed by atoms with Crippen LogP contribution in [0.25, 0.3) is 0 Å². The Bertz CT molecular complexity index is 498. The van der Waals surface area contributed by atoms with Crippen LogP contribution in [0.4, 0.5) is 0 Å². The number of carbonyl (C=O) groups excluding carboxylic acids is 2. The van der Waals surface area contributed by atoms with Crippen LogP contribution >= 0.6 is 0 Å². The first kappa shape index (κ1) is 21.6. The van der Waals surface area contributed by atoms with Crippen molar-refractivity contribution in [1.82, 2.24) is 5.32 Å². The molecule has 8 nitrogen and oxygen atoms in total. The summed E-state index contributed by atoms with van der Waals surface area (Å²) in [6.07, 6.45) is 8.97. The predicted octanol–water partition coefficient (Wildman–Crippen LogP) is 1.21. The zero-order valence-electron chi connectivity index (χ0n) is 16.0. The average molecular weight is 384 g/mol. The van der Waals surface area contributed by atoms with Crippen molar-refractivity contribution in [2.75, 3.05) is 13.7 Å². The van der Waals surface area contributed by atoms with Gasteiger partial charge in [-0.3, -0.25) is 9.59 Å². The first-order valence-corrected chi connectivity index (χ1v) is 9.89. The van der Waals surface area contributed by atoms with E-state index in [1.807, 2.05) is 0 Å². The quantitative estimate of drug-likeness (QED) is 0.483. The van der Waals surface area contributed by atoms with Crippen molar-refractivity contribution in [1.29, 1.82) is 0 Å². The summed E-state index contributed by atoms with van der Waals surface area (Å²) in [5.41, 5.74) is 5.58. The molecule has 1 amide bonds. The third-order valence-corrected chi connectivity index (χ3v) is 5.72. The van der Waals surface area contributed by atoms with E-state index in [0.29, 0.717) is 11.8 Å². The number of methoxy groups -OCH3 is 1. The molecule has 0 aromatic heterocycles. The van der Waals surface area contributed by atoms with E-state index in [0.717, 1.165) is 25.7 Å². The molecule has 0 radical (unpaired) electrons. The summed E-state index contributed by atoms with van der Waals surface area (Å²) in [7, 11) is 1.24. The van der Waals surface area contributed by atoms with Gasteiger partial charge in [0.1, 0.15) is 0 Å². The first-order chi connectivity index (χ1) is 12.9. The molecule has 2 atom stereocenters. The van der Waals surface area contributed by atoms with Crippen molar-refractivity contribution in [2.24, 2.45) is 17.6 Å². The maximum atomic E-state index is 12.1. The third-order valence-electron chi connectivity index (χ3n) is 5.72. The van der Waals surface area contributed by atoms with Crippen LogP contribution in [0, 0.1) is 11.8 Å². The Hall–Kier alpha value is -1.67. The van der Waals surface area contributed by atoms with Gasteiger partial charge in [0.25, 0.3) is 0 Å². The van der Waals surface area contributed by atoms with Gasteiger partial charge in [0, 0.05) is 0 Å². The zero-order valence-corrected chi connectivity index (χ0v) is 16.0. The highest BCUT2D eigenvalue weighted by Gasteiger charge is 2.35. The molecule has 2 aliphatic rings. The molecular formula is C19H32N2O6. The summed E-state index contributed by atoms with van der Waals surface area (Å²) in [4.78, 5) is 34.9. The number of esters is 1. The molecule has 0 heterocycles. The van der Waals surface area contributed by atoms with Crippen LogP contribution in [-0.4, -0.2) is 54.9 Å². The molecule has 2 saturated carbocycles.